The molecule has 0 saturated heterocycles. The van der Waals surface area contributed by atoms with Crippen LogP contribution in [0.1, 0.15) is 46.5 Å². The van der Waals surface area contributed by atoms with E-state index in [-0.39, 0.29) is 5.91 Å². The van der Waals surface area contributed by atoms with Gasteiger partial charge in [-0.1, -0.05) is 20.3 Å². The number of nitrogens with zero attached hydrogens (tertiary/aromatic N) is 1. The van der Waals surface area contributed by atoms with Gasteiger partial charge in [-0.15, -0.1) is 0 Å². The first-order valence-electron chi connectivity index (χ1n) is 7.00. The first-order chi connectivity index (χ1) is 7.91. The van der Waals surface area contributed by atoms with Crippen molar-refractivity contribution >= 4 is 5.91 Å². The van der Waals surface area contributed by atoms with E-state index in [1.807, 2.05) is 0 Å². The summed E-state index contributed by atoms with van der Waals surface area (Å²) in [5, 5.41) is 3.01. The Morgan fingerprint density at radius 3 is 2.47 bits per heavy atom. The summed E-state index contributed by atoms with van der Waals surface area (Å²) in [6.45, 7) is 9.66. The Bertz CT molecular complexity index is 214. The van der Waals surface area contributed by atoms with Gasteiger partial charge in [0.05, 0.1) is 27.2 Å². The molecule has 0 aromatic heterocycles. The summed E-state index contributed by atoms with van der Waals surface area (Å²) in [7, 11) is 4.45. The molecular formula is C14H31N2O+. The van der Waals surface area contributed by atoms with Gasteiger partial charge < -0.3 is 9.80 Å². The first kappa shape index (κ1) is 16.4. The van der Waals surface area contributed by atoms with Crippen molar-refractivity contribution in [3.05, 3.63) is 0 Å². The Morgan fingerprint density at radius 2 is 1.94 bits per heavy atom. The quantitative estimate of drug-likeness (QED) is 0.489. The van der Waals surface area contributed by atoms with Crippen LogP contribution in [0.3, 0.4) is 0 Å². The fraction of sp³-hybridized carbons (Fsp3) is 0.929. The van der Waals surface area contributed by atoms with Crippen molar-refractivity contribution < 1.29 is 9.28 Å². The molecule has 3 heteroatoms. The Morgan fingerprint density at radius 1 is 1.29 bits per heavy atom. The third kappa shape index (κ3) is 9.16. The van der Waals surface area contributed by atoms with Gasteiger partial charge in [0.1, 0.15) is 0 Å². The van der Waals surface area contributed by atoms with E-state index in [0.717, 1.165) is 43.4 Å². The highest BCUT2D eigenvalue weighted by Crippen LogP contribution is 2.08. The van der Waals surface area contributed by atoms with Gasteiger partial charge in [0.2, 0.25) is 5.91 Å². The number of hydrogen-bond acceptors (Lipinski definition) is 1. The van der Waals surface area contributed by atoms with Gasteiger partial charge in [-0.25, -0.2) is 0 Å². The molecule has 0 aliphatic carbocycles. The lowest BCUT2D eigenvalue weighted by Crippen LogP contribution is -2.41. The minimum atomic E-state index is 0.215. The SMILES string of the molecule is CCC(C)CCC(=O)NCCC[N+](C)(C)CC. The summed E-state index contributed by atoms with van der Waals surface area (Å²) in [5.41, 5.74) is 0. The van der Waals surface area contributed by atoms with Crippen molar-refractivity contribution in [2.45, 2.75) is 46.5 Å². The van der Waals surface area contributed by atoms with Gasteiger partial charge in [0, 0.05) is 19.4 Å². The zero-order valence-electron chi connectivity index (χ0n) is 12.4. The molecule has 0 spiro atoms. The average molecular weight is 243 g/mol. The van der Waals surface area contributed by atoms with Crippen molar-refractivity contribution in [3.63, 3.8) is 0 Å². The molecule has 0 rings (SSSR count). The van der Waals surface area contributed by atoms with E-state index in [9.17, 15) is 4.79 Å². The van der Waals surface area contributed by atoms with Crippen LogP contribution in [0.2, 0.25) is 0 Å². The van der Waals surface area contributed by atoms with Crippen molar-refractivity contribution in [2.24, 2.45) is 5.92 Å². The Balaban J connectivity index is 3.52. The maximum Gasteiger partial charge on any atom is 0.220 e. The maximum atomic E-state index is 11.5. The molecule has 102 valence electrons. The molecule has 1 N–H and O–H groups in total. The molecule has 0 radical (unpaired) electrons. The van der Waals surface area contributed by atoms with Crippen LogP contribution in [0, 0.1) is 5.92 Å². The lowest BCUT2D eigenvalue weighted by atomic mass is 10.0. The fourth-order valence-electron chi connectivity index (χ4n) is 1.56. The monoisotopic (exact) mass is 243 g/mol. The van der Waals surface area contributed by atoms with Crippen LogP contribution in [0.5, 0.6) is 0 Å². The van der Waals surface area contributed by atoms with Gasteiger partial charge in [0.15, 0.2) is 0 Å². The van der Waals surface area contributed by atoms with Gasteiger partial charge >= 0.3 is 0 Å². The normalized spacial score (nSPS) is 13.5. The molecule has 1 atom stereocenters. The molecule has 3 nitrogen and oxygen atoms in total. The smallest absolute Gasteiger partial charge is 0.220 e. The molecule has 0 aliphatic heterocycles. The van der Waals surface area contributed by atoms with E-state index in [1.165, 1.54) is 0 Å². The van der Waals surface area contributed by atoms with Gasteiger partial charge in [0.25, 0.3) is 0 Å². The highest BCUT2D eigenvalue weighted by molar-refractivity contribution is 5.75. The molecule has 17 heavy (non-hydrogen) atoms. The van der Waals surface area contributed by atoms with Crippen molar-refractivity contribution in [3.8, 4) is 0 Å². The first-order valence-corrected chi connectivity index (χ1v) is 7.00. The predicted octanol–water partition coefficient (Wildman–Crippen LogP) is 2.42. The molecule has 0 aliphatic rings. The van der Waals surface area contributed by atoms with E-state index >= 15 is 0 Å². The molecule has 1 unspecified atom stereocenters. The van der Waals surface area contributed by atoms with Crippen LogP contribution in [0.15, 0.2) is 0 Å². The zero-order valence-corrected chi connectivity index (χ0v) is 12.4. The Labute approximate surface area is 107 Å². The largest absolute Gasteiger partial charge is 0.356 e. The summed E-state index contributed by atoms with van der Waals surface area (Å²) in [4.78, 5) is 11.5. The van der Waals surface area contributed by atoms with E-state index < -0.39 is 0 Å². The van der Waals surface area contributed by atoms with Crippen molar-refractivity contribution in [1.82, 2.24) is 5.32 Å². The zero-order chi connectivity index (χ0) is 13.3. The molecule has 0 aromatic carbocycles. The standard InChI is InChI=1S/C14H30N2O/c1-6-13(3)9-10-14(17)15-11-8-12-16(4,5)7-2/h13H,6-12H2,1-5H3/p+1. The third-order valence-corrected chi connectivity index (χ3v) is 3.68. The molecular weight excluding hydrogens is 212 g/mol. The van der Waals surface area contributed by atoms with Gasteiger partial charge in [-0.2, -0.15) is 0 Å². The highest BCUT2D eigenvalue weighted by atomic mass is 16.1. The summed E-state index contributed by atoms with van der Waals surface area (Å²) < 4.78 is 1.03. The number of quaternary nitrogens is 1. The minimum absolute atomic E-state index is 0.215. The fourth-order valence-corrected chi connectivity index (χ4v) is 1.56. The second-order valence-electron chi connectivity index (χ2n) is 5.73. The summed E-state index contributed by atoms with van der Waals surface area (Å²) in [5.74, 6) is 0.878. The van der Waals surface area contributed by atoms with Crippen LogP contribution in [0.25, 0.3) is 0 Å². The number of carbonyl (C=O) groups is 1. The van der Waals surface area contributed by atoms with Gasteiger partial charge in [-0.3, -0.25) is 4.79 Å². The summed E-state index contributed by atoms with van der Waals surface area (Å²) >= 11 is 0. The molecule has 0 fully saturated rings. The van der Waals surface area contributed by atoms with E-state index in [0.29, 0.717) is 12.3 Å². The third-order valence-electron chi connectivity index (χ3n) is 3.68. The van der Waals surface area contributed by atoms with Crippen LogP contribution in [-0.4, -0.2) is 44.1 Å². The summed E-state index contributed by atoms with van der Waals surface area (Å²) in [6.07, 6.45) is 3.92. The second-order valence-corrected chi connectivity index (χ2v) is 5.73. The lowest BCUT2D eigenvalue weighted by molar-refractivity contribution is -0.888. The second kappa shape index (κ2) is 8.51. The molecule has 0 aromatic rings. The molecule has 0 bridgehead atoms. The van der Waals surface area contributed by atoms with Crippen LogP contribution in [-0.2, 0) is 4.79 Å². The minimum Gasteiger partial charge on any atom is -0.356 e. The molecule has 1 amide bonds. The van der Waals surface area contributed by atoms with Crippen LogP contribution >= 0.6 is 0 Å². The topological polar surface area (TPSA) is 29.1 Å². The molecule has 0 heterocycles. The van der Waals surface area contributed by atoms with Crippen molar-refractivity contribution in [1.29, 1.82) is 0 Å². The lowest BCUT2D eigenvalue weighted by Gasteiger charge is -2.28. The average Bonchev–Trinajstić information content (AvgIpc) is 2.31. The van der Waals surface area contributed by atoms with E-state index in [1.54, 1.807) is 0 Å². The molecule has 0 saturated carbocycles. The highest BCUT2D eigenvalue weighted by Gasteiger charge is 2.11. The van der Waals surface area contributed by atoms with E-state index in [4.69, 9.17) is 0 Å². The Hall–Kier alpha value is -0.570. The number of hydrogen-bond donors (Lipinski definition) is 1. The van der Waals surface area contributed by atoms with Crippen LogP contribution in [0.4, 0.5) is 0 Å². The Kier molecular flexibility index (Phi) is 8.23. The number of carbonyl (C=O) groups excluding carboxylic acids is 1. The maximum absolute atomic E-state index is 11.5. The predicted molar refractivity (Wildman–Crippen MR) is 73.8 cm³/mol. The number of nitrogens with one attached hydrogen (secondary N) is 1. The summed E-state index contributed by atoms with van der Waals surface area (Å²) in [6, 6.07) is 0. The number of rotatable bonds is 9. The van der Waals surface area contributed by atoms with E-state index in [2.05, 4.69) is 40.2 Å². The number of amides is 1. The van der Waals surface area contributed by atoms with Gasteiger partial charge in [-0.05, 0) is 19.3 Å². The van der Waals surface area contributed by atoms with Crippen LogP contribution < -0.4 is 5.32 Å². The van der Waals surface area contributed by atoms with Crippen molar-refractivity contribution in [2.75, 3.05) is 33.7 Å².